The number of rotatable bonds is 15. The molecule has 0 aliphatic carbocycles. The lowest BCUT2D eigenvalue weighted by molar-refractivity contribution is 0.0971. The Kier molecular flexibility index (Phi) is 11.7. The summed E-state index contributed by atoms with van der Waals surface area (Å²) in [5.41, 5.74) is -0.474. The molecule has 0 aliphatic heterocycles. The van der Waals surface area contributed by atoms with Crippen LogP contribution >= 0.6 is 0 Å². The molecule has 0 saturated carbocycles. The second kappa shape index (κ2) is 13.6. The Morgan fingerprint density at radius 1 is 0.923 bits per heavy atom. The van der Waals surface area contributed by atoms with Gasteiger partial charge >= 0.3 is 5.63 Å². The third-order valence-electron chi connectivity index (χ3n) is 4.75. The van der Waals surface area contributed by atoms with Crippen LogP contribution in [-0.4, -0.2) is 12.9 Å². The normalized spacial score (nSPS) is 10.9. The zero-order valence-electron chi connectivity index (χ0n) is 16.9. The van der Waals surface area contributed by atoms with E-state index in [1.165, 1.54) is 45.6 Å². The van der Waals surface area contributed by atoms with Gasteiger partial charge < -0.3 is 9.15 Å². The molecular formula is C22H36O4. The molecule has 0 aromatic carbocycles. The highest BCUT2D eigenvalue weighted by Gasteiger charge is 2.19. The van der Waals surface area contributed by atoms with Gasteiger partial charge in [0.2, 0.25) is 0 Å². The van der Waals surface area contributed by atoms with Crippen molar-refractivity contribution in [3.63, 3.8) is 0 Å². The molecule has 0 spiro atoms. The number of hydrogen-bond donors (Lipinski definition) is 0. The van der Waals surface area contributed by atoms with Crippen LogP contribution in [0.5, 0.6) is 5.75 Å². The van der Waals surface area contributed by atoms with Crippen LogP contribution in [0.2, 0.25) is 0 Å². The number of unbranched alkanes of at least 4 members (excludes halogenated alkanes) is 9. The number of methoxy groups -OCH3 is 1. The van der Waals surface area contributed by atoms with Crippen LogP contribution in [0.4, 0.5) is 0 Å². The van der Waals surface area contributed by atoms with Crippen LogP contribution in [0.3, 0.4) is 0 Å². The summed E-state index contributed by atoms with van der Waals surface area (Å²) in [7, 11) is 1.50. The van der Waals surface area contributed by atoms with Gasteiger partial charge in [0.1, 0.15) is 17.1 Å². The summed E-state index contributed by atoms with van der Waals surface area (Å²) >= 11 is 0. The van der Waals surface area contributed by atoms with Crippen molar-refractivity contribution in [3.8, 4) is 5.75 Å². The molecule has 0 amide bonds. The highest BCUT2D eigenvalue weighted by Crippen LogP contribution is 2.21. The number of hydrogen-bond acceptors (Lipinski definition) is 4. The first-order valence-corrected chi connectivity index (χ1v) is 10.4. The van der Waals surface area contributed by atoms with Crippen molar-refractivity contribution in [2.75, 3.05) is 7.11 Å². The summed E-state index contributed by atoms with van der Waals surface area (Å²) in [5.74, 6) is 0.806. The molecule has 148 valence electrons. The van der Waals surface area contributed by atoms with Crippen LogP contribution in [0.15, 0.2) is 15.3 Å². The van der Waals surface area contributed by atoms with Crippen molar-refractivity contribution < 1.29 is 13.9 Å². The standard InChI is InChI=1S/C22H36O4/c1-4-6-8-10-12-13-15-18-17-20(25-3)21(22(24)26-18)19(23)16-14-11-9-7-5-2/h17H,4-16H2,1-3H3. The average molecular weight is 365 g/mol. The fourth-order valence-electron chi connectivity index (χ4n) is 3.15. The second-order valence-corrected chi connectivity index (χ2v) is 7.05. The Bertz CT molecular complexity index is 574. The maximum absolute atomic E-state index is 12.4. The molecule has 0 fully saturated rings. The number of carbonyl (C=O) groups is 1. The fraction of sp³-hybridized carbons (Fsp3) is 0.727. The number of ether oxygens (including phenoxy) is 1. The number of carbonyl (C=O) groups excluding carboxylic acids is 1. The molecule has 1 aromatic rings. The molecule has 0 atom stereocenters. The molecule has 1 heterocycles. The van der Waals surface area contributed by atoms with Gasteiger partial charge in [-0.3, -0.25) is 4.79 Å². The maximum Gasteiger partial charge on any atom is 0.350 e. The van der Waals surface area contributed by atoms with Gasteiger partial charge in [-0.25, -0.2) is 4.79 Å². The molecule has 4 nitrogen and oxygen atoms in total. The zero-order valence-corrected chi connectivity index (χ0v) is 16.9. The van der Waals surface area contributed by atoms with E-state index >= 15 is 0 Å². The summed E-state index contributed by atoms with van der Waals surface area (Å²) in [6, 6.07) is 1.72. The second-order valence-electron chi connectivity index (χ2n) is 7.05. The van der Waals surface area contributed by atoms with Gasteiger partial charge in [0.25, 0.3) is 0 Å². The topological polar surface area (TPSA) is 56.5 Å². The van der Waals surface area contributed by atoms with E-state index in [1.54, 1.807) is 6.07 Å². The third kappa shape index (κ3) is 8.20. The molecule has 4 heteroatoms. The molecule has 0 unspecified atom stereocenters. The molecule has 0 bridgehead atoms. The summed E-state index contributed by atoms with van der Waals surface area (Å²) in [6.45, 7) is 4.36. The first kappa shape index (κ1) is 22.5. The summed E-state index contributed by atoms with van der Waals surface area (Å²) in [5, 5.41) is 0. The first-order valence-electron chi connectivity index (χ1n) is 10.4. The van der Waals surface area contributed by atoms with E-state index in [0.717, 1.165) is 32.1 Å². The quantitative estimate of drug-likeness (QED) is 0.279. The molecule has 0 N–H and O–H groups in total. The van der Waals surface area contributed by atoms with Gasteiger partial charge in [0, 0.05) is 18.9 Å². The van der Waals surface area contributed by atoms with Gasteiger partial charge in [-0.2, -0.15) is 0 Å². The number of aryl methyl sites for hydroxylation is 1. The smallest absolute Gasteiger partial charge is 0.350 e. The fourth-order valence-corrected chi connectivity index (χ4v) is 3.15. The van der Waals surface area contributed by atoms with Crippen molar-refractivity contribution in [1.29, 1.82) is 0 Å². The lowest BCUT2D eigenvalue weighted by atomic mass is 10.0. The number of ketones is 1. The Balaban J connectivity index is 2.59. The van der Waals surface area contributed by atoms with E-state index in [-0.39, 0.29) is 11.3 Å². The van der Waals surface area contributed by atoms with Gasteiger partial charge in [0.05, 0.1) is 7.11 Å². The monoisotopic (exact) mass is 364 g/mol. The van der Waals surface area contributed by atoms with Gasteiger partial charge in [-0.05, 0) is 12.8 Å². The minimum absolute atomic E-state index is 0.0784. The Labute approximate surface area is 158 Å². The Morgan fingerprint density at radius 3 is 2.12 bits per heavy atom. The van der Waals surface area contributed by atoms with Crippen LogP contribution in [0.25, 0.3) is 0 Å². The van der Waals surface area contributed by atoms with Crippen molar-refractivity contribution in [2.45, 2.75) is 97.3 Å². The Morgan fingerprint density at radius 2 is 1.50 bits per heavy atom. The third-order valence-corrected chi connectivity index (χ3v) is 4.75. The number of Topliss-reactive ketones (excluding diaryl/α,β-unsaturated/α-hetero) is 1. The van der Waals surface area contributed by atoms with Crippen LogP contribution in [-0.2, 0) is 6.42 Å². The lowest BCUT2D eigenvalue weighted by Gasteiger charge is -2.08. The zero-order chi connectivity index (χ0) is 19.2. The Hall–Kier alpha value is -1.58. The molecule has 0 saturated heterocycles. The van der Waals surface area contributed by atoms with E-state index in [2.05, 4.69) is 13.8 Å². The summed E-state index contributed by atoms with van der Waals surface area (Å²) < 4.78 is 10.7. The lowest BCUT2D eigenvalue weighted by Crippen LogP contribution is -2.17. The average Bonchev–Trinajstić information content (AvgIpc) is 2.63. The van der Waals surface area contributed by atoms with Crippen LogP contribution < -0.4 is 10.4 Å². The first-order chi connectivity index (χ1) is 12.6. The summed E-state index contributed by atoms with van der Waals surface area (Å²) in [4.78, 5) is 24.7. The highest BCUT2D eigenvalue weighted by molar-refractivity contribution is 5.98. The predicted molar refractivity (Wildman–Crippen MR) is 106 cm³/mol. The largest absolute Gasteiger partial charge is 0.496 e. The van der Waals surface area contributed by atoms with Crippen LogP contribution in [0, 0.1) is 0 Å². The van der Waals surface area contributed by atoms with E-state index in [1.807, 2.05) is 0 Å². The molecule has 0 aliphatic rings. The molecule has 1 aromatic heterocycles. The van der Waals surface area contributed by atoms with Crippen LogP contribution in [0.1, 0.15) is 107 Å². The van der Waals surface area contributed by atoms with Crippen molar-refractivity contribution in [3.05, 3.63) is 27.8 Å². The van der Waals surface area contributed by atoms with E-state index in [4.69, 9.17) is 9.15 Å². The maximum atomic E-state index is 12.4. The SMILES string of the molecule is CCCCCCCCc1cc(OC)c(C(=O)CCCCCCC)c(=O)o1. The molecule has 1 rings (SSSR count). The molecule has 26 heavy (non-hydrogen) atoms. The molecular weight excluding hydrogens is 328 g/mol. The van der Waals surface area contributed by atoms with E-state index in [0.29, 0.717) is 24.4 Å². The van der Waals surface area contributed by atoms with E-state index < -0.39 is 5.63 Å². The van der Waals surface area contributed by atoms with Gasteiger partial charge in [-0.1, -0.05) is 71.6 Å². The molecule has 0 radical (unpaired) electrons. The minimum Gasteiger partial charge on any atom is -0.496 e. The highest BCUT2D eigenvalue weighted by atomic mass is 16.5. The summed E-state index contributed by atoms with van der Waals surface area (Å²) in [6.07, 6.45) is 13.5. The van der Waals surface area contributed by atoms with Crippen molar-refractivity contribution in [2.24, 2.45) is 0 Å². The van der Waals surface area contributed by atoms with Crippen molar-refractivity contribution >= 4 is 5.78 Å². The predicted octanol–water partition coefficient (Wildman–Crippen LogP) is 6.09. The van der Waals surface area contributed by atoms with Gasteiger partial charge in [0.15, 0.2) is 5.78 Å². The minimum atomic E-state index is -0.552. The van der Waals surface area contributed by atoms with Crippen molar-refractivity contribution in [1.82, 2.24) is 0 Å². The van der Waals surface area contributed by atoms with Gasteiger partial charge in [-0.15, -0.1) is 0 Å². The van der Waals surface area contributed by atoms with E-state index in [9.17, 15) is 9.59 Å².